The lowest BCUT2D eigenvalue weighted by molar-refractivity contribution is 0.684. The smallest absolute Gasteiger partial charge is 0.101 e. The van der Waals surface area contributed by atoms with E-state index in [4.69, 9.17) is 5.26 Å². The lowest BCUT2D eigenvalue weighted by Gasteiger charge is -2.06. The van der Waals surface area contributed by atoms with Gasteiger partial charge in [0.15, 0.2) is 0 Å². The molecule has 0 radical (unpaired) electrons. The molecule has 1 N–H and O–H groups in total. The van der Waals surface area contributed by atoms with Gasteiger partial charge in [0.2, 0.25) is 0 Å². The summed E-state index contributed by atoms with van der Waals surface area (Å²) in [5.74, 6) is 1.30. The average Bonchev–Trinajstić information content (AvgIpc) is 2.29. The third kappa shape index (κ3) is 3.72. The van der Waals surface area contributed by atoms with Crippen molar-refractivity contribution >= 4 is 16.5 Å². The lowest BCUT2D eigenvalue weighted by atomic mass is 10.2. The first-order valence-electron chi connectivity index (χ1n) is 4.86. The van der Waals surface area contributed by atoms with E-state index in [-0.39, 0.29) is 0 Å². The summed E-state index contributed by atoms with van der Waals surface area (Å²) in [6, 6.07) is 9.43. The fourth-order valence-electron chi connectivity index (χ4n) is 1.18. The van der Waals surface area contributed by atoms with Crippen LogP contribution in [-0.2, 0) is 10.8 Å². The molecule has 0 aliphatic carbocycles. The molecule has 3 nitrogen and oxygen atoms in total. The SMILES string of the molecule is CCS(=O)CCNc1ccccc1C#N. The largest absolute Gasteiger partial charge is 0.383 e. The fraction of sp³-hybridized carbons (Fsp3) is 0.364. The molecule has 0 heterocycles. The Bertz CT molecular complexity index is 384. The molecule has 0 aromatic heterocycles. The van der Waals surface area contributed by atoms with E-state index in [2.05, 4.69) is 11.4 Å². The van der Waals surface area contributed by atoms with Gasteiger partial charge in [0.05, 0.1) is 11.3 Å². The zero-order valence-corrected chi connectivity index (χ0v) is 9.51. The molecule has 0 spiro atoms. The van der Waals surface area contributed by atoms with Crippen LogP contribution in [0.2, 0.25) is 0 Å². The minimum Gasteiger partial charge on any atom is -0.383 e. The Morgan fingerprint density at radius 2 is 2.20 bits per heavy atom. The van der Waals surface area contributed by atoms with Crippen molar-refractivity contribution in [2.75, 3.05) is 23.4 Å². The normalized spacial score (nSPS) is 11.7. The van der Waals surface area contributed by atoms with Gasteiger partial charge in [-0.3, -0.25) is 4.21 Å². The van der Waals surface area contributed by atoms with E-state index in [1.165, 1.54) is 0 Å². The highest BCUT2D eigenvalue weighted by Gasteiger charge is 2.00. The van der Waals surface area contributed by atoms with E-state index in [0.29, 0.717) is 23.6 Å². The van der Waals surface area contributed by atoms with Crippen molar-refractivity contribution in [2.45, 2.75) is 6.92 Å². The number of nitriles is 1. The van der Waals surface area contributed by atoms with Crippen LogP contribution in [0.3, 0.4) is 0 Å². The van der Waals surface area contributed by atoms with Gasteiger partial charge >= 0.3 is 0 Å². The van der Waals surface area contributed by atoms with Gasteiger partial charge in [-0.25, -0.2) is 0 Å². The molecule has 1 aromatic carbocycles. The van der Waals surface area contributed by atoms with E-state index < -0.39 is 10.8 Å². The van der Waals surface area contributed by atoms with Crippen LogP contribution in [0.1, 0.15) is 12.5 Å². The molecule has 1 rings (SSSR count). The predicted octanol–water partition coefficient (Wildman–Crippen LogP) is 1.74. The van der Waals surface area contributed by atoms with E-state index in [0.717, 1.165) is 5.69 Å². The molecule has 0 aliphatic rings. The molecule has 0 bridgehead atoms. The van der Waals surface area contributed by atoms with Gasteiger partial charge in [0.1, 0.15) is 6.07 Å². The molecule has 4 heteroatoms. The zero-order chi connectivity index (χ0) is 11.1. The summed E-state index contributed by atoms with van der Waals surface area (Å²) in [6.07, 6.45) is 0. The number of benzene rings is 1. The fourth-order valence-corrected chi connectivity index (χ4v) is 1.80. The highest BCUT2D eigenvalue weighted by atomic mass is 32.2. The van der Waals surface area contributed by atoms with E-state index >= 15 is 0 Å². The first-order valence-corrected chi connectivity index (χ1v) is 6.34. The second kappa shape index (κ2) is 6.20. The molecule has 0 saturated carbocycles. The van der Waals surface area contributed by atoms with Gasteiger partial charge in [0.25, 0.3) is 0 Å². The number of rotatable bonds is 5. The number of hydrogen-bond acceptors (Lipinski definition) is 3. The first kappa shape index (κ1) is 11.7. The summed E-state index contributed by atoms with van der Waals surface area (Å²) in [5.41, 5.74) is 1.44. The third-order valence-corrected chi connectivity index (χ3v) is 3.32. The first-order chi connectivity index (χ1) is 7.27. The van der Waals surface area contributed by atoms with Gasteiger partial charge in [0, 0.05) is 28.9 Å². The number of nitrogens with zero attached hydrogens (tertiary/aromatic N) is 1. The van der Waals surface area contributed by atoms with E-state index in [1.807, 2.05) is 25.1 Å². The summed E-state index contributed by atoms with van der Waals surface area (Å²) in [7, 11) is -0.755. The summed E-state index contributed by atoms with van der Waals surface area (Å²) < 4.78 is 11.2. The highest BCUT2D eigenvalue weighted by Crippen LogP contribution is 2.12. The molecule has 0 saturated heterocycles. The Kier molecular flexibility index (Phi) is 4.85. The minimum absolute atomic E-state index is 0.621. The Morgan fingerprint density at radius 1 is 1.47 bits per heavy atom. The molecule has 0 amide bonds. The minimum atomic E-state index is -0.755. The van der Waals surface area contributed by atoms with Gasteiger partial charge in [-0.15, -0.1) is 0 Å². The standard InChI is InChI=1S/C11H14N2OS/c1-2-15(14)8-7-13-11-6-4-3-5-10(11)9-12/h3-6,13H,2,7-8H2,1H3. The van der Waals surface area contributed by atoms with Crippen molar-refractivity contribution < 1.29 is 4.21 Å². The molecule has 1 atom stereocenters. The number of hydrogen-bond donors (Lipinski definition) is 1. The van der Waals surface area contributed by atoms with Crippen molar-refractivity contribution in [3.8, 4) is 6.07 Å². The Morgan fingerprint density at radius 3 is 2.87 bits per heavy atom. The number of nitrogens with one attached hydrogen (secondary N) is 1. The summed E-state index contributed by atoms with van der Waals surface area (Å²) in [5, 5.41) is 11.9. The Hall–Kier alpha value is -1.34. The zero-order valence-electron chi connectivity index (χ0n) is 8.69. The molecule has 0 aliphatic heterocycles. The van der Waals surface area contributed by atoms with Crippen LogP contribution in [0.5, 0.6) is 0 Å². The molecule has 80 valence electrons. The number of para-hydroxylation sites is 1. The monoisotopic (exact) mass is 222 g/mol. The van der Waals surface area contributed by atoms with Crippen molar-refractivity contribution in [1.82, 2.24) is 0 Å². The van der Waals surface area contributed by atoms with Gasteiger partial charge in [-0.1, -0.05) is 19.1 Å². The van der Waals surface area contributed by atoms with Crippen LogP contribution in [0.4, 0.5) is 5.69 Å². The Balaban J connectivity index is 2.51. The second-order valence-corrected chi connectivity index (χ2v) is 4.88. The van der Waals surface area contributed by atoms with Crippen LogP contribution in [0.15, 0.2) is 24.3 Å². The molecule has 15 heavy (non-hydrogen) atoms. The molecule has 1 unspecified atom stereocenters. The van der Waals surface area contributed by atoms with E-state index in [9.17, 15) is 4.21 Å². The van der Waals surface area contributed by atoms with Crippen LogP contribution >= 0.6 is 0 Å². The highest BCUT2D eigenvalue weighted by molar-refractivity contribution is 7.84. The molecule has 1 aromatic rings. The summed E-state index contributed by atoms with van der Waals surface area (Å²) in [4.78, 5) is 0. The van der Waals surface area contributed by atoms with Gasteiger partial charge < -0.3 is 5.32 Å². The van der Waals surface area contributed by atoms with Crippen molar-refractivity contribution in [3.63, 3.8) is 0 Å². The second-order valence-electron chi connectivity index (χ2n) is 3.02. The summed E-state index contributed by atoms with van der Waals surface area (Å²) >= 11 is 0. The maximum atomic E-state index is 11.2. The van der Waals surface area contributed by atoms with Crippen LogP contribution < -0.4 is 5.32 Å². The van der Waals surface area contributed by atoms with Gasteiger partial charge in [-0.2, -0.15) is 5.26 Å². The Labute approximate surface area is 92.6 Å². The quantitative estimate of drug-likeness (QED) is 0.825. The van der Waals surface area contributed by atoms with Crippen molar-refractivity contribution in [2.24, 2.45) is 0 Å². The molecule has 0 fully saturated rings. The van der Waals surface area contributed by atoms with Crippen LogP contribution in [0.25, 0.3) is 0 Å². The van der Waals surface area contributed by atoms with Crippen LogP contribution in [0, 0.1) is 11.3 Å². The molecular formula is C11H14N2OS. The predicted molar refractivity (Wildman–Crippen MR) is 63.2 cm³/mol. The number of anilines is 1. The lowest BCUT2D eigenvalue weighted by Crippen LogP contribution is -2.12. The van der Waals surface area contributed by atoms with Gasteiger partial charge in [-0.05, 0) is 12.1 Å². The molecular weight excluding hydrogens is 208 g/mol. The van der Waals surface area contributed by atoms with Crippen LogP contribution in [-0.4, -0.2) is 22.3 Å². The van der Waals surface area contributed by atoms with Crippen molar-refractivity contribution in [1.29, 1.82) is 5.26 Å². The maximum Gasteiger partial charge on any atom is 0.101 e. The maximum absolute atomic E-state index is 11.2. The topological polar surface area (TPSA) is 52.9 Å². The summed E-state index contributed by atoms with van der Waals surface area (Å²) in [6.45, 7) is 2.54. The van der Waals surface area contributed by atoms with Crippen molar-refractivity contribution in [3.05, 3.63) is 29.8 Å². The third-order valence-electron chi connectivity index (χ3n) is 2.01. The van der Waals surface area contributed by atoms with E-state index in [1.54, 1.807) is 6.07 Å². The average molecular weight is 222 g/mol.